The third kappa shape index (κ3) is 5.70. The number of hydrogen-bond acceptors (Lipinski definition) is 3. The highest BCUT2D eigenvalue weighted by Crippen LogP contribution is 2.27. The normalized spacial score (nSPS) is 17.6. The first-order valence-electron chi connectivity index (χ1n) is 8.47. The van der Waals surface area contributed by atoms with Crippen molar-refractivity contribution in [2.24, 2.45) is 0 Å². The Balaban J connectivity index is 0.00000192. The summed E-state index contributed by atoms with van der Waals surface area (Å²) in [6.07, 6.45) is 7.55. The molecule has 5 heteroatoms. The van der Waals surface area contributed by atoms with Crippen molar-refractivity contribution >= 4 is 18.3 Å². The molecule has 4 nitrogen and oxygen atoms in total. The number of carbonyl (C=O) groups is 1. The van der Waals surface area contributed by atoms with Gasteiger partial charge in [-0.2, -0.15) is 0 Å². The largest absolute Gasteiger partial charge is 0.490 e. The maximum atomic E-state index is 11.9. The molecule has 2 aliphatic rings. The third-order valence-electron chi connectivity index (χ3n) is 4.42. The SMILES string of the molecule is Cc1ccc(CNC(=O)CNC2CC2)c(OC2CCCC2)c1.Cl. The Morgan fingerprint density at radius 3 is 2.65 bits per heavy atom. The average molecular weight is 339 g/mol. The van der Waals surface area contributed by atoms with Crippen molar-refractivity contribution in [2.45, 2.75) is 64.1 Å². The van der Waals surface area contributed by atoms with Crippen molar-refractivity contribution in [1.29, 1.82) is 0 Å². The van der Waals surface area contributed by atoms with Crippen LogP contribution in [0.2, 0.25) is 0 Å². The van der Waals surface area contributed by atoms with Crippen LogP contribution < -0.4 is 15.4 Å². The summed E-state index contributed by atoms with van der Waals surface area (Å²) in [5, 5.41) is 6.22. The van der Waals surface area contributed by atoms with Crippen LogP contribution in [0.15, 0.2) is 18.2 Å². The second kappa shape index (κ2) is 8.55. The van der Waals surface area contributed by atoms with Gasteiger partial charge in [-0.3, -0.25) is 4.79 Å². The van der Waals surface area contributed by atoms with Crippen LogP contribution in [0.4, 0.5) is 0 Å². The number of carbonyl (C=O) groups excluding carboxylic acids is 1. The van der Waals surface area contributed by atoms with Gasteiger partial charge in [-0.25, -0.2) is 0 Å². The standard InChI is InChI=1S/C18H26N2O2.ClH/c1-13-6-7-14(11-20-18(21)12-19-15-8-9-15)17(10-13)22-16-4-2-3-5-16;/h6-7,10,15-16,19H,2-5,8-9,11-12H2,1H3,(H,20,21);1H. The molecule has 2 fully saturated rings. The van der Waals surface area contributed by atoms with E-state index in [4.69, 9.17) is 4.74 Å². The van der Waals surface area contributed by atoms with E-state index in [1.54, 1.807) is 0 Å². The topological polar surface area (TPSA) is 50.4 Å². The van der Waals surface area contributed by atoms with E-state index >= 15 is 0 Å². The first-order valence-corrected chi connectivity index (χ1v) is 8.47. The van der Waals surface area contributed by atoms with Crippen molar-refractivity contribution in [3.05, 3.63) is 29.3 Å². The minimum Gasteiger partial charge on any atom is -0.490 e. The van der Waals surface area contributed by atoms with Crippen molar-refractivity contribution in [1.82, 2.24) is 10.6 Å². The maximum absolute atomic E-state index is 11.9. The smallest absolute Gasteiger partial charge is 0.234 e. The summed E-state index contributed by atoms with van der Waals surface area (Å²) in [6, 6.07) is 6.79. The van der Waals surface area contributed by atoms with E-state index in [9.17, 15) is 4.79 Å². The molecule has 23 heavy (non-hydrogen) atoms. The van der Waals surface area contributed by atoms with Crippen LogP contribution in [-0.4, -0.2) is 24.6 Å². The van der Waals surface area contributed by atoms with Gasteiger partial charge in [0.25, 0.3) is 0 Å². The van der Waals surface area contributed by atoms with Gasteiger partial charge in [0, 0.05) is 18.2 Å². The van der Waals surface area contributed by atoms with Gasteiger partial charge in [-0.1, -0.05) is 12.1 Å². The van der Waals surface area contributed by atoms with Gasteiger partial charge in [0.2, 0.25) is 5.91 Å². The summed E-state index contributed by atoms with van der Waals surface area (Å²) in [5.41, 5.74) is 2.26. The molecule has 1 aromatic carbocycles. The second-order valence-corrected chi connectivity index (χ2v) is 6.57. The first-order chi connectivity index (χ1) is 10.7. The van der Waals surface area contributed by atoms with E-state index in [0.717, 1.165) is 24.2 Å². The highest BCUT2D eigenvalue weighted by atomic mass is 35.5. The summed E-state index contributed by atoms with van der Waals surface area (Å²) in [6.45, 7) is 3.02. The average Bonchev–Trinajstić information content (AvgIpc) is 3.20. The highest BCUT2D eigenvalue weighted by molar-refractivity contribution is 5.85. The molecule has 0 saturated heterocycles. The number of ether oxygens (including phenoxy) is 1. The fourth-order valence-corrected chi connectivity index (χ4v) is 2.88. The van der Waals surface area contributed by atoms with Crippen molar-refractivity contribution in [2.75, 3.05) is 6.54 Å². The van der Waals surface area contributed by atoms with Gasteiger partial charge < -0.3 is 15.4 Å². The summed E-state index contributed by atoms with van der Waals surface area (Å²) in [7, 11) is 0. The molecular weight excluding hydrogens is 312 g/mol. The molecule has 2 saturated carbocycles. The van der Waals surface area contributed by atoms with Crippen LogP contribution in [0, 0.1) is 6.92 Å². The Hall–Kier alpha value is -1.26. The summed E-state index contributed by atoms with van der Waals surface area (Å²) in [4.78, 5) is 11.9. The number of amides is 1. The van der Waals surface area contributed by atoms with Crippen LogP contribution in [0.1, 0.15) is 49.7 Å². The van der Waals surface area contributed by atoms with Crippen LogP contribution >= 0.6 is 12.4 Å². The molecule has 0 radical (unpaired) electrons. The molecule has 0 unspecified atom stereocenters. The summed E-state index contributed by atoms with van der Waals surface area (Å²) < 4.78 is 6.16. The predicted octanol–water partition coefficient (Wildman–Crippen LogP) is 3.11. The van der Waals surface area contributed by atoms with Gasteiger partial charge in [0.05, 0.1) is 12.6 Å². The number of hydrogen-bond donors (Lipinski definition) is 2. The van der Waals surface area contributed by atoms with Gasteiger partial charge >= 0.3 is 0 Å². The lowest BCUT2D eigenvalue weighted by molar-refractivity contribution is -0.120. The third-order valence-corrected chi connectivity index (χ3v) is 4.42. The lowest BCUT2D eigenvalue weighted by Crippen LogP contribution is -2.34. The van der Waals surface area contributed by atoms with Crippen molar-refractivity contribution < 1.29 is 9.53 Å². The Morgan fingerprint density at radius 1 is 1.22 bits per heavy atom. The number of aryl methyl sites for hydroxylation is 1. The Morgan fingerprint density at radius 2 is 1.96 bits per heavy atom. The van der Waals surface area contributed by atoms with E-state index in [-0.39, 0.29) is 18.3 Å². The molecule has 0 aromatic heterocycles. The van der Waals surface area contributed by atoms with Gasteiger partial charge in [0.1, 0.15) is 5.75 Å². The zero-order valence-electron chi connectivity index (χ0n) is 13.8. The van der Waals surface area contributed by atoms with Crippen LogP contribution in [0.5, 0.6) is 5.75 Å². The molecule has 2 aliphatic carbocycles. The number of benzene rings is 1. The Labute approximate surface area is 144 Å². The molecule has 128 valence electrons. The molecule has 0 atom stereocenters. The molecule has 0 aliphatic heterocycles. The Bertz CT molecular complexity index is 526. The molecule has 3 rings (SSSR count). The van der Waals surface area contributed by atoms with Crippen molar-refractivity contribution in [3.8, 4) is 5.75 Å². The lowest BCUT2D eigenvalue weighted by atomic mass is 10.1. The minimum atomic E-state index is 0. The molecule has 0 bridgehead atoms. The van der Waals surface area contributed by atoms with Crippen LogP contribution in [0.25, 0.3) is 0 Å². The maximum Gasteiger partial charge on any atom is 0.234 e. The van der Waals surface area contributed by atoms with E-state index < -0.39 is 0 Å². The zero-order valence-corrected chi connectivity index (χ0v) is 14.6. The first kappa shape index (κ1) is 18.1. The molecule has 0 spiro atoms. The fraction of sp³-hybridized carbons (Fsp3) is 0.611. The molecule has 1 amide bonds. The van der Waals surface area contributed by atoms with Gasteiger partial charge in [-0.15, -0.1) is 12.4 Å². The summed E-state index contributed by atoms with van der Waals surface area (Å²) in [5.74, 6) is 0.988. The van der Waals surface area contributed by atoms with E-state index in [1.807, 2.05) is 0 Å². The molecule has 2 N–H and O–H groups in total. The lowest BCUT2D eigenvalue weighted by Gasteiger charge is -2.17. The van der Waals surface area contributed by atoms with E-state index in [1.165, 1.54) is 31.2 Å². The predicted molar refractivity (Wildman–Crippen MR) is 94.2 cm³/mol. The molecule has 0 heterocycles. The van der Waals surface area contributed by atoms with Crippen LogP contribution in [-0.2, 0) is 11.3 Å². The Kier molecular flexibility index (Phi) is 6.72. The second-order valence-electron chi connectivity index (χ2n) is 6.57. The molecular formula is C18H27ClN2O2. The van der Waals surface area contributed by atoms with Crippen LogP contribution in [0.3, 0.4) is 0 Å². The fourth-order valence-electron chi connectivity index (χ4n) is 2.88. The number of halogens is 1. The van der Waals surface area contributed by atoms with Crippen molar-refractivity contribution in [3.63, 3.8) is 0 Å². The van der Waals surface area contributed by atoms with Gasteiger partial charge in [0.15, 0.2) is 0 Å². The van der Waals surface area contributed by atoms with Gasteiger partial charge in [-0.05, 0) is 57.1 Å². The quantitative estimate of drug-likeness (QED) is 0.803. The van der Waals surface area contributed by atoms with E-state index in [0.29, 0.717) is 25.2 Å². The monoisotopic (exact) mass is 338 g/mol. The summed E-state index contributed by atoms with van der Waals surface area (Å²) >= 11 is 0. The zero-order chi connectivity index (χ0) is 15.4. The highest BCUT2D eigenvalue weighted by Gasteiger charge is 2.21. The van der Waals surface area contributed by atoms with E-state index in [2.05, 4.69) is 35.8 Å². The number of nitrogens with one attached hydrogen (secondary N) is 2. The minimum absolute atomic E-state index is 0. The molecule has 1 aromatic rings. The number of rotatable bonds is 7.